The summed E-state index contributed by atoms with van der Waals surface area (Å²) in [5.41, 5.74) is 0. The predicted octanol–water partition coefficient (Wildman–Crippen LogP) is 1.52. The van der Waals surface area contributed by atoms with Crippen LogP contribution < -0.4 is 0 Å². The van der Waals surface area contributed by atoms with E-state index in [1.165, 1.54) is 6.92 Å². The zero-order chi connectivity index (χ0) is 8.20. The highest BCUT2D eigenvalue weighted by Crippen LogP contribution is 2.20. The summed E-state index contributed by atoms with van der Waals surface area (Å²) in [6.07, 6.45) is 0.193. The first-order valence-electron chi connectivity index (χ1n) is 2.71. The largest absolute Gasteiger partial charge is 0.293 e. The second-order valence-corrected chi connectivity index (χ2v) is 2.87. The summed E-state index contributed by atoms with van der Waals surface area (Å²) in [6.45, 7) is 1.28. The Balaban J connectivity index is 3.90. The van der Waals surface area contributed by atoms with E-state index in [9.17, 15) is 10.1 Å². The summed E-state index contributed by atoms with van der Waals surface area (Å²) >= 11 is 5.40. The van der Waals surface area contributed by atoms with E-state index in [1.807, 2.05) is 0 Å². The lowest BCUT2D eigenvalue weighted by atomic mass is 10.2. The zero-order valence-electron chi connectivity index (χ0n) is 5.50. The minimum Gasteiger partial charge on any atom is -0.263 e. The van der Waals surface area contributed by atoms with Crippen LogP contribution in [-0.2, 0) is 0 Å². The third-order valence-corrected chi connectivity index (χ3v) is 1.40. The Bertz CT molecular complexity index is 173. The normalized spacial score (nSPS) is 15.3. The Morgan fingerprint density at radius 3 is 2.70 bits per heavy atom. The van der Waals surface area contributed by atoms with Crippen LogP contribution in [0.1, 0.15) is 19.8 Å². The molecule has 10 heavy (non-hydrogen) atoms. The number of nitriles is 1. The molecule has 1 unspecified atom stereocenters. The number of nitrogens with zero attached hydrogens (tertiary/aromatic N) is 2. The van der Waals surface area contributed by atoms with Gasteiger partial charge < -0.3 is 0 Å². The molecular weight excluding hydrogens is 156 g/mol. The van der Waals surface area contributed by atoms with Crippen molar-refractivity contribution in [2.45, 2.75) is 24.8 Å². The van der Waals surface area contributed by atoms with Crippen molar-refractivity contribution in [3.63, 3.8) is 0 Å². The lowest BCUT2D eigenvalue weighted by Gasteiger charge is -2.09. The predicted molar refractivity (Wildman–Crippen MR) is 36.1 cm³/mol. The van der Waals surface area contributed by atoms with Crippen LogP contribution in [0.3, 0.4) is 0 Å². The van der Waals surface area contributed by atoms with Crippen LogP contribution in [0, 0.1) is 21.4 Å². The van der Waals surface area contributed by atoms with E-state index in [2.05, 4.69) is 0 Å². The Morgan fingerprint density at radius 1 is 1.90 bits per heavy atom. The Kier molecular flexibility index (Phi) is 3.10. The van der Waals surface area contributed by atoms with Crippen LogP contribution in [0.4, 0.5) is 0 Å². The molecule has 0 aliphatic heterocycles. The van der Waals surface area contributed by atoms with E-state index in [-0.39, 0.29) is 12.8 Å². The molecule has 0 N–H and O–H groups in total. The first-order valence-corrected chi connectivity index (χ1v) is 3.09. The van der Waals surface area contributed by atoms with Crippen LogP contribution in [0.25, 0.3) is 0 Å². The summed E-state index contributed by atoms with van der Waals surface area (Å²) in [7, 11) is 0. The molecular formula is C5H7ClN2O2. The minimum atomic E-state index is -1.48. The van der Waals surface area contributed by atoms with Crippen molar-refractivity contribution in [1.29, 1.82) is 5.26 Å². The first kappa shape index (κ1) is 9.18. The third kappa shape index (κ3) is 2.65. The molecule has 5 heteroatoms. The van der Waals surface area contributed by atoms with Gasteiger partial charge in [-0.2, -0.15) is 5.26 Å². The van der Waals surface area contributed by atoms with Gasteiger partial charge in [-0.1, -0.05) is 0 Å². The molecule has 0 amide bonds. The fourth-order valence-electron chi connectivity index (χ4n) is 0.375. The standard InChI is InChI=1S/C5H7ClN2O2/c1-5(6,8(9)10)3-2-4-7/h2-3H2,1H3. The third-order valence-electron chi connectivity index (χ3n) is 1.07. The van der Waals surface area contributed by atoms with Gasteiger partial charge in [-0.15, -0.1) is 0 Å². The SMILES string of the molecule is CC(Cl)(CCC#N)[N+](=O)[O-]. The van der Waals surface area contributed by atoms with Crippen molar-refractivity contribution in [2.24, 2.45) is 0 Å². The van der Waals surface area contributed by atoms with Gasteiger partial charge in [-0.05, 0) is 11.6 Å². The molecule has 0 aromatic carbocycles. The average Bonchev–Trinajstić information content (AvgIpc) is 1.84. The Labute approximate surface area is 63.5 Å². The fraction of sp³-hybridized carbons (Fsp3) is 0.800. The first-order chi connectivity index (χ1) is 4.50. The molecule has 0 radical (unpaired) electrons. The van der Waals surface area contributed by atoms with E-state index in [0.717, 1.165) is 0 Å². The van der Waals surface area contributed by atoms with Crippen LogP contribution in [0.2, 0.25) is 0 Å². The summed E-state index contributed by atoms with van der Waals surface area (Å²) in [5, 5.41) is 18.2. The molecule has 0 bridgehead atoms. The minimum absolute atomic E-state index is 0.0814. The highest BCUT2D eigenvalue weighted by atomic mass is 35.5. The Hall–Kier alpha value is -0.820. The van der Waals surface area contributed by atoms with Gasteiger partial charge in [0.1, 0.15) is 0 Å². The van der Waals surface area contributed by atoms with Crippen molar-refractivity contribution in [3.05, 3.63) is 10.1 Å². The van der Waals surface area contributed by atoms with Gasteiger partial charge in [0.15, 0.2) is 0 Å². The molecule has 0 saturated heterocycles. The van der Waals surface area contributed by atoms with E-state index in [4.69, 9.17) is 16.9 Å². The van der Waals surface area contributed by atoms with Gasteiger partial charge in [-0.25, -0.2) is 0 Å². The van der Waals surface area contributed by atoms with E-state index >= 15 is 0 Å². The van der Waals surface area contributed by atoms with Crippen LogP contribution in [0.15, 0.2) is 0 Å². The van der Waals surface area contributed by atoms with Gasteiger partial charge in [0, 0.05) is 24.7 Å². The number of rotatable bonds is 3. The maximum atomic E-state index is 10.1. The highest BCUT2D eigenvalue weighted by molar-refractivity contribution is 6.22. The van der Waals surface area contributed by atoms with Crippen LogP contribution >= 0.6 is 11.6 Å². The molecule has 0 rings (SSSR count). The van der Waals surface area contributed by atoms with Crippen molar-refractivity contribution in [3.8, 4) is 6.07 Å². The smallest absolute Gasteiger partial charge is 0.263 e. The van der Waals surface area contributed by atoms with E-state index < -0.39 is 9.92 Å². The topological polar surface area (TPSA) is 66.9 Å². The average molecular weight is 163 g/mol. The molecule has 4 nitrogen and oxygen atoms in total. The van der Waals surface area contributed by atoms with Gasteiger partial charge in [0.25, 0.3) is 5.00 Å². The van der Waals surface area contributed by atoms with Gasteiger partial charge in [-0.3, -0.25) is 10.1 Å². The van der Waals surface area contributed by atoms with E-state index in [0.29, 0.717) is 0 Å². The molecule has 0 aliphatic rings. The van der Waals surface area contributed by atoms with Crippen LogP contribution in [-0.4, -0.2) is 9.92 Å². The second kappa shape index (κ2) is 3.37. The van der Waals surface area contributed by atoms with Gasteiger partial charge in [0.05, 0.1) is 6.07 Å². The molecule has 1 atom stereocenters. The molecule has 0 saturated carbocycles. The number of hydrogen-bond donors (Lipinski definition) is 0. The number of halogens is 1. The summed E-state index contributed by atoms with van der Waals surface area (Å²) in [6, 6.07) is 1.79. The van der Waals surface area contributed by atoms with Crippen molar-refractivity contribution >= 4 is 11.6 Å². The molecule has 0 aliphatic carbocycles. The summed E-state index contributed by atoms with van der Waals surface area (Å²) in [5.74, 6) is 0. The maximum absolute atomic E-state index is 10.1. The summed E-state index contributed by atoms with van der Waals surface area (Å²) in [4.78, 5) is 8.02. The molecule has 0 spiro atoms. The number of nitro groups is 1. The molecule has 0 heterocycles. The van der Waals surface area contributed by atoms with Crippen molar-refractivity contribution in [1.82, 2.24) is 0 Å². The highest BCUT2D eigenvalue weighted by Gasteiger charge is 2.32. The molecule has 56 valence electrons. The monoisotopic (exact) mass is 162 g/mol. The molecule has 0 fully saturated rings. The lowest BCUT2D eigenvalue weighted by Crippen LogP contribution is -2.27. The number of hydrogen-bond acceptors (Lipinski definition) is 3. The van der Waals surface area contributed by atoms with Crippen molar-refractivity contribution in [2.75, 3.05) is 0 Å². The number of alkyl halides is 1. The van der Waals surface area contributed by atoms with Gasteiger partial charge in [0.2, 0.25) is 0 Å². The second-order valence-electron chi connectivity index (χ2n) is 2.06. The zero-order valence-corrected chi connectivity index (χ0v) is 6.26. The van der Waals surface area contributed by atoms with Crippen molar-refractivity contribution < 1.29 is 4.92 Å². The fourth-order valence-corrected chi connectivity index (χ4v) is 0.470. The van der Waals surface area contributed by atoms with Crippen LogP contribution in [0.5, 0.6) is 0 Å². The summed E-state index contributed by atoms with van der Waals surface area (Å²) < 4.78 is 0. The molecule has 0 aromatic heterocycles. The Morgan fingerprint density at radius 2 is 2.40 bits per heavy atom. The maximum Gasteiger partial charge on any atom is 0.293 e. The quantitative estimate of drug-likeness (QED) is 0.274. The lowest BCUT2D eigenvalue weighted by molar-refractivity contribution is -0.538. The van der Waals surface area contributed by atoms with E-state index in [1.54, 1.807) is 6.07 Å². The van der Waals surface area contributed by atoms with Gasteiger partial charge >= 0.3 is 0 Å². The molecule has 0 aromatic rings.